The number of carbonyl (C=O) groups is 3. The number of carbonyl (C=O) groups excluding carboxylic acids is 3. The number of Topliss-reactive ketones (excluding diaryl/α,β-unsaturated/α-hetero) is 3. The molecule has 0 radical (unpaired) electrons. The Morgan fingerprint density at radius 2 is 1.67 bits per heavy atom. The molecule has 18 heavy (non-hydrogen) atoms. The first kappa shape index (κ1) is 12.5. The summed E-state index contributed by atoms with van der Waals surface area (Å²) in [6, 6.07) is 0. The predicted octanol–water partition coefficient (Wildman–Crippen LogP) is 1.40. The van der Waals surface area contributed by atoms with Crippen LogP contribution in [0.5, 0.6) is 0 Å². The van der Waals surface area contributed by atoms with Crippen molar-refractivity contribution in [1.82, 2.24) is 0 Å². The van der Waals surface area contributed by atoms with Crippen molar-refractivity contribution in [2.24, 2.45) is 11.8 Å². The number of hydrogen-bond donors (Lipinski definition) is 2. The number of aliphatic hydroxyl groups excluding tert-OH is 2. The van der Waals surface area contributed by atoms with Crippen molar-refractivity contribution in [3.05, 3.63) is 22.7 Å². The Bertz CT molecular complexity index is 523. The van der Waals surface area contributed by atoms with E-state index in [0.717, 1.165) is 0 Å². The van der Waals surface area contributed by atoms with Gasteiger partial charge in [-0.15, -0.1) is 0 Å². The topological polar surface area (TPSA) is 91.7 Å². The van der Waals surface area contributed by atoms with Crippen molar-refractivity contribution < 1.29 is 24.6 Å². The van der Waals surface area contributed by atoms with Gasteiger partial charge in [-0.2, -0.15) is 0 Å². The fourth-order valence-corrected chi connectivity index (χ4v) is 2.34. The van der Waals surface area contributed by atoms with E-state index in [0.29, 0.717) is 5.57 Å². The molecule has 0 saturated heterocycles. The number of hydrogen-bond acceptors (Lipinski definition) is 5. The molecule has 96 valence electrons. The fourth-order valence-electron chi connectivity index (χ4n) is 2.34. The van der Waals surface area contributed by atoms with Gasteiger partial charge in [-0.25, -0.2) is 0 Å². The van der Waals surface area contributed by atoms with Crippen molar-refractivity contribution >= 4 is 17.3 Å². The third-order valence-electron chi connectivity index (χ3n) is 3.69. The second-order valence-corrected chi connectivity index (χ2v) is 4.74. The molecule has 2 atom stereocenters. The van der Waals surface area contributed by atoms with Crippen LogP contribution < -0.4 is 0 Å². The first-order valence-corrected chi connectivity index (χ1v) is 5.80. The van der Waals surface area contributed by atoms with Crippen LogP contribution in [0.4, 0.5) is 0 Å². The van der Waals surface area contributed by atoms with E-state index in [4.69, 9.17) is 0 Å². The van der Waals surface area contributed by atoms with Crippen LogP contribution >= 0.6 is 0 Å². The molecule has 0 saturated carbocycles. The standard InChI is InChI=1S/C13H14O5/c1-5-9(14)7(10(5)15)3-4-8-11(16)6(2)12(17)13(8)18/h6-7,14,18H,3-4H2,1-2H3. The smallest absolute Gasteiger partial charge is 0.208 e. The number of aliphatic hydroxyl groups is 2. The van der Waals surface area contributed by atoms with E-state index in [1.165, 1.54) is 13.8 Å². The zero-order valence-electron chi connectivity index (χ0n) is 10.2. The quantitative estimate of drug-likeness (QED) is 0.738. The monoisotopic (exact) mass is 250 g/mol. The molecule has 2 unspecified atom stereocenters. The Labute approximate surface area is 104 Å². The van der Waals surface area contributed by atoms with Gasteiger partial charge in [0.2, 0.25) is 5.78 Å². The summed E-state index contributed by atoms with van der Waals surface area (Å²) in [6.07, 6.45) is 0.377. The zero-order valence-corrected chi connectivity index (χ0v) is 10.2. The van der Waals surface area contributed by atoms with E-state index in [1.807, 2.05) is 0 Å². The maximum atomic E-state index is 11.7. The molecule has 2 aliphatic carbocycles. The number of allylic oxidation sites excluding steroid dienone is 4. The SMILES string of the molecule is CC1=C(O)C(CCC2=C(O)C(=O)C(C)C2=O)C1=O. The lowest BCUT2D eigenvalue weighted by molar-refractivity contribution is -0.127. The molecule has 5 nitrogen and oxygen atoms in total. The molecular weight excluding hydrogens is 236 g/mol. The molecule has 5 heteroatoms. The van der Waals surface area contributed by atoms with E-state index in [9.17, 15) is 24.6 Å². The maximum Gasteiger partial charge on any atom is 0.208 e. The summed E-state index contributed by atoms with van der Waals surface area (Å²) < 4.78 is 0. The summed E-state index contributed by atoms with van der Waals surface area (Å²) in [5, 5.41) is 19.0. The largest absolute Gasteiger partial charge is 0.511 e. The van der Waals surface area contributed by atoms with Crippen LogP contribution in [0.25, 0.3) is 0 Å². The number of ketones is 3. The van der Waals surface area contributed by atoms with E-state index in [1.54, 1.807) is 0 Å². The highest BCUT2D eigenvalue weighted by Crippen LogP contribution is 2.35. The molecule has 0 aliphatic heterocycles. The third-order valence-corrected chi connectivity index (χ3v) is 3.69. The second-order valence-electron chi connectivity index (χ2n) is 4.74. The van der Waals surface area contributed by atoms with Crippen LogP contribution in [0.15, 0.2) is 22.7 Å². The average Bonchev–Trinajstić information content (AvgIpc) is 2.55. The van der Waals surface area contributed by atoms with E-state index >= 15 is 0 Å². The van der Waals surface area contributed by atoms with Gasteiger partial charge in [-0.1, -0.05) is 0 Å². The lowest BCUT2D eigenvalue weighted by atomic mass is 9.79. The minimum atomic E-state index is -0.831. The van der Waals surface area contributed by atoms with Gasteiger partial charge in [0.15, 0.2) is 17.3 Å². The van der Waals surface area contributed by atoms with Gasteiger partial charge < -0.3 is 10.2 Å². The highest BCUT2D eigenvalue weighted by molar-refractivity contribution is 6.23. The second kappa shape index (κ2) is 4.08. The van der Waals surface area contributed by atoms with Crippen molar-refractivity contribution in [3.8, 4) is 0 Å². The van der Waals surface area contributed by atoms with Crippen molar-refractivity contribution in [1.29, 1.82) is 0 Å². The van der Waals surface area contributed by atoms with Gasteiger partial charge >= 0.3 is 0 Å². The molecule has 0 amide bonds. The number of rotatable bonds is 3. The van der Waals surface area contributed by atoms with Gasteiger partial charge in [0.1, 0.15) is 5.76 Å². The zero-order chi connectivity index (χ0) is 13.6. The summed E-state index contributed by atoms with van der Waals surface area (Å²) in [5.74, 6) is -2.95. The third kappa shape index (κ3) is 1.58. The van der Waals surface area contributed by atoms with Crippen LogP contribution in [-0.4, -0.2) is 27.6 Å². The summed E-state index contributed by atoms with van der Waals surface area (Å²) in [6.45, 7) is 2.99. The molecule has 0 heterocycles. The maximum absolute atomic E-state index is 11.7. The summed E-state index contributed by atoms with van der Waals surface area (Å²) in [5.41, 5.74) is 0.429. The molecular formula is C13H14O5. The summed E-state index contributed by atoms with van der Waals surface area (Å²) >= 11 is 0. The van der Waals surface area contributed by atoms with E-state index < -0.39 is 23.4 Å². The Balaban J connectivity index is 2.07. The normalized spacial score (nSPS) is 28.2. The Hall–Kier alpha value is -1.91. The average molecular weight is 250 g/mol. The molecule has 2 rings (SSSR count). The van der Waals surface area contributed by atoms with Crippen molar-refractivity contribution in [3.63, 3.8) is 0 Å². The van der Waals surface area contributed by atoms with E-state index in [2.05, 4.69) is 0 Å². The first-order chi connectivity index (χ1) is 8.36. The minimum absolute atomic E-state index is 0.0462. The molecule has 0 aromatic heterocycles. The first-order valence-electron chi connectivity index (χ1n) is 5.80. The molecule has 2 N–H and O–H groups in total. The lowest BCUT2D eigenvalue weighted by Crippen LogP contribution is -2.30. The van der Waals surface area contributed by atoms with Crippen molar-refractivity contribution in [2.45, 2.75) is 26.7 Å². The highest BCUT2D eigenvalue weighted by Gasteiger charge is 2.40. The minimum Gasteiger partial charge on any atom is -0.511 e. The molecule has 0 aromatic carbocycles. The Morgan fingerprint density at radius 1 is 1.06 bits per heavy atom. The molecule has 0 bridgehead atoms. The molecule has 2 aliphatic rings. The van der Waals surface area contributed by atoms with Gasteiger partial charge in [-0.3, -0.25) is 14.4 Å². The van der Waals surface area contributed by atoms with Crippen molar-refractivity contribution in [2.75, 3.05) is 0 Å². The van der Waals surface area contributed by atoms with Gasteiger partial charge in [0, 0.05) is 11.1 Å². The molecule has 0 fully saturated rings. The fraction of sp³-hybridized carbons (Fsp3) is 0.462. The van der Waals surface area contributed by atoms with Gasteiger partial charge in [0.05, 0.1) is 11.8 Å². The van der Waals surface area contributed by atoms with Crippen LogP contribution in [0, 0.1) is 11.8 Å². The van der Waals surface area contributed by atoms with E-state index in [-0.39, 0.29) is 35.7 Å². The van der Waals surface area contributed by atoms with Crippen LogP contribution in [0.1, 0.15) is 26.7 Å². The summed E-state index contributed by atoms with van der Waals surface area (Å²) in [7, 11) is 0. The molecule has 0 spiro atoms. The highest BCUT2D eigenvalue weighted by atomic mass is 16.3. The Kier molecular flexibility index (Phi) is 2.84. The van der Waals surface area contributed by atoms with Crippen LogP contribution in [-0.2, 0) is 14.4 Å². The summed E-state index contributed by atoms with van der Waals surface area (Å²) in [4.78, 5) is 34.5. The predicted molar refractivity (Wildman–Crippen MR) is 61.9 cm³/mol. The molecule has 0 aromatic rings. The van der Waals surface area contributed by atoms with Gasteiger partial charge in [-0.05, 0) is 26.7 Å². The van der Waals surface area contributed by atoms with Crippen LogP contribution in [0.3, 0.4) is 0 Å². The Morgan fingerprint density at radius 3 is 2.11 bits per heavy atom. The van der Waals surface area contributed by atoms with Gasteiger partial charge in [0.25, 0.3) is 0 Å². The lowest BCUT2D eigenvalue weighted by Gasteiger charge is -2.25. The van der Waals surface area contributed by atoms with Crippen LogP contribution in [0.2, 0.25) is 0 Å².